The molecule has 0 spiro atoms. The number of sulfone groups is 1. The zero-order chi connectivity index (χ0) is 23.4. The Balaban J connectivity index is 1.74. The number of sulfonamides is 1. The van der Waals surface area contributed by atoms with E-state index in [1.165, 1.54) is 28.6 Å². The van der Waals surface area contributed by atoms with Gasteiger partial charge in [-0.05, 0) is 57.0 Å². The lowest BCUT2D eigenvalue weighted by molar-refractivity contribution is -0.115. The summed E-state index contributed by atoms with van der Waals surface area (Å²) in [7, 11) is -7.37. The maximum Gasteiger partial charge on any atom is 0.246 e. The standard InChI is InChI=1S/C22H28N2O6S2/c1-3-30-20-11-8-18(16-21(20)32(28,29)24-13-4-5-14-24)23-22(25)12-15-31(26,27)19-9-6-17(2)7-10-19/h6-11,16H,3-5,12-15H2,1-2H3,(H,23,25). The molecule has 2 aromatic rings. The molecule has 1 amide bonds. The summed E-state index contributed by atoms with van der Waals surface area (Å²) < 4.78 is 58.0. The molecule has 1 heterocycles. The number of anilines is 1. The summed E-state index contributed by atoms with van der Waals surface area (Å²) in [6, 6.07) is 10.9. The molecule has 174 valence electrons. The third-order valence-corrected chi connectivity index (χ3v) is 8.84. The molecule has 1 aliphatic heterocycles. The van der Waals surface area contributed by atoms with Gasteiger partial charge in [-0.3, -0.25) is 4.79 Å². The van der Waals surface area contributed by atoms with Crippen molar-refractivity contribution in [2.75, 3.05) is 30.8 Å². The van der Waals surface area contributed by atoms with Gasteiger partial charge in [0.05, 0.1) is 17.3 Å². The number of nitrogens with one attached hydrogen (secondary N) is 1. The lowest BCUT2D eigenvalue weighted by Crippen LogP contribution is -2.28. The van der Waals surface area contributed by atoms with Crippen LogP contribution in [0, 0.1) is 6.92 Å². The average molecular weight is 481 g/mol. The van der Waals surface area contributed by atoms with Crippen molar-refractivity contribution in [3.63, 3.8) is 0 Å². The van der Waals surface area contributed by atoms with E-state index in [1.54, 1.807) is 25.1 Å². The number of benzene rings is 2. The Morgan fingerprint density at radius 3 is 2.31 bits per heavy atom. The first kappa shape index (κ1) is 24.2. The number of carbonyl (C=O) groups excluding carboxylic acids is 1. The molecule has 32 heavy (non-hydrogen) atoms. The molecule has 0 saturated carbocycles. The van der Waals surface area contributed by atoms with Crippen molar-refractivity contribution in [2.45, 2.75) is 42.9 Å². The molecular weight excluding hydrogens is 452 g/mol. The SMILES string of the molecule is CCOc1ccc(NC(=O)CCS(=O)(=O)c2ccc(C)cc2)cc1S(=O)(=O)N1CCCC1. The Morgan fingerprint density at radius 1 is 1.03 bits per heavy atom. The van der Waals surface area contributed by atoms with Gasteiger partial charge in [0.15, 0.2) is 9.84 Å². The van der Waals surface area contributed by atoms with Gasteiger partial charge in [-0.2, -0.15) is 4.31 Å². The van der Waals surface area contributed by atoms with E-state index in [4.69, 9.17) is 4.74 Å². The minimum atomic E-state index is -3.76. The highest BCUT2D eigenvalue weighted by atomic mass is 32.2. The molecular formula is C22H28N2O6S2. The Bertz CT molecular complexity index is 1170. The van der Waals surface area contributed by atoms with Gasteiger partial charge in [0.2, 0.25) is 15.9 Å². The van der Waals surface area contributed by atoms with Crippen LogP contribution in [0.15, 0.2) is 52.3 Å². The smallest absolute Gasteiger partial charge is 0.246 e. The van der Waals surface area contributed by atoms with E-state index in [9.17, 15) is 21.6 Å². The van der Waals surface area contributed by atoms with Gasteiger partial charge in [-0.25, -0.2) is 16.8 Å². The number of hydrogen-bond acceptors (Lipinski definition) is 6. The van der Waals surface area contributed by atoms with E-state index in [0.29, 0.717) is 19.7 Å². The highest BCUT2D eigenvalue weighted by Crippen LogP contribution is 2.31. The van der Waals surface area contributed by atoms with Gasteiger partial charge < -0.3 is 10.1 Å². The van der Waals surface area contributed by atoms with Crippen molar-refractivity contribution in [3.05, 3.63) is 48.0 Å². The fraction of sp³-hybridized carbons (Fsp3) is 0.409. The van der Waals surface area contributed by atoms with Gasteiger partial charge in [-0.1, -0.05) is 17.7 Å². The summed E-state index contributed by atoms with van der Waals surface area (Å²) in [5.74, 6) is -0.647. The van der Waals surface area contributed by atoms with Crippen LogP contribution < -0.4 is 10.1 Å². The summed E-state index contributed by atoms with van der Waals surface area (Å²) in [6.07, 6.45) is 1.35. The van der Waals surface area contributed by atoms with Crippen LogP contribution in [0.25, 0.3) is 0 Å². The largest absolute Gasteiger partial charge is 0.492 e. The molecule has 0 unspecified atom stereocenters. The molecule has 0 atom stereocenters. The molecule has 0 aliphatic carbocycles. The molecule has 0 bridgehead atoms. The van der Waals surface area contributed by atoms with Crippen LogP contribution in [0.3, 0.4) is 0 Å². The third-order valence-electron chi connectivity index (χ3n) is 5.19. The molecule has 1 saturated heterocycles. The molecule has 1 N–H and O–H groups in total. The lowest BCUT2D eigenvalue weighted by atomic mass is 10.2. The summed E-state index contributed by atoms with van der Waals surface area (Å²) in [6.45, 7) is 4.81. The molecule has 1 fully saturated rings. The van der Waals surface area contributed by atoms with Crippen molar-refractivity contribution >= 4 is 31.5 Å². The quantitative estimate of drug-likeness (QED) is 0.591. The fourth-order valence-electron chi connectivity index (χ4n) is 3.44. The van der Waals surface area contributed by atoms with E-state index >= 15 is 0 Å². The third kappa shape index (κ3) is 5.67. The molecule has 1 aliphatic rings. The summed E-state index contributed by atoms with van der Waals surface area (Å²) in [5.41, 5.74) is 1.21. The first-order valence-corrected chi connectivity index (χ1v) is 13.6. The number of carbonyl (C=O) groups is 1. The van der Waals surface area contributed by atoms with Crippen LogP contribution >= 0.6 is 0 Å². The number of amides is 1. The van der Waals surface area contributed by atoms with Crippen LogP contribution in [0.2, 0.25) is 0 Å². The second kappa shape index (κ2) is 10.0. The number of aryl methyl sites for hydroxylation is 1. The number of ether oxygens (including phenoxy) is 1. The van der Waals surface area contributed by atoms with Crippen LogP contribution in [-0.2, 0) is 24.7 Å². The summed E-state index contributed by atoms with van der Waals surface area (Å²) in [5, 5.41) is 2.61. The molecule has 0 aromatic heterocycles. The summed E-state index contributed by atoms with van der Waals surface area (Å²) in [4.78, 5) is 12.6. The Morgan fingerprint density at radius 2 is 1.69 bits per heavy atom. The van der Waals surface area contributed by atoms with Crippen molar-refractivity contribution in [1.29, 1.82) is 0 Å². The second-order valence-corrected chi connectivity index (χ2v) is 11.7. The van der Waals surface area contributed by atoms with Crippen LogP contribution in [0.4, 0.5) is 5.69 Å². The van der Waals surface area contributed by atoms with Crippen molar-refractivity contribution in [2.24, 2.45) is 0 Å². The predicted molar refractivity (Wildman–Crippen MR) is 122 cm³/mol. The van der Waals surface area contributed by atoms with Gasteiger partial charge in [0, 0.05) is 25.2 Å². The van der Waals surface area contributed by atoms with Gasteiger partial charge in [0.25, 0.3) is 0 Å². The first-order chi connectivity index (χ1) is 15.1. The molecule has 3 rings (SSSR count). The Labute approximate surface area is 189 Å². The first-order valence-electron chi connectivity index (χ1n) is 10.5. The Hall–Kier alpha value is -2.43. The van der Waals surface area contributed by atoms with Gasteiger partial charge >= 0.3 is 0 Å². The minimum absolute atomic E-state index is 0.00803. The monoisotopic (exact) mass is 480 g/mol. The summed E-state index contributed by atoms with van der Waals surface area (Å²) >= 11 is 0. The highest BCUT2D eigenvalue weighted by molar-refractivity contribution is 7.91. The van der Waals surface area contributed by atoms with Gasteiger partial charge in [-0.15, -0.1) is 0 Å². The lowest BCUT2D eigenvalue weighted by Gasteiger charge is -2.19. The molecule has 2 aromatic carbocycles. The van der Waals surface area contributed by atoms with Crippen molar-refractivity contribution < 1.29 is 26.4 Å². The second-order valence-electron chi connectivity index (χ2n) is 7.64. The minimum Gasteiger partial charge on any atom is -0.492 e. The Kier molecular flexibility index (Phi) is 7.58. The zero-order valence-corrected chi connectivity index (χ0v) is 19.8. The zero-order valence-electron chi connectivity index (χ0n) is 18.2. The van der Waals surface area contributed by atoms with Gasteiger partial charge in [0.1, 0.15) is 10.6 Å². The fourth-order valence-corrected chi connectivity index (χ4v) is 6.36. The van der Waals surface area contributed by atoms with Crippen LogP contribution in [0.1, 0.15) is 31.7 Å². The van der Waals surface area contributed by atoms with E-state index in [1.807, 2.05) is 6.92 Å². The number of nitrogens with zero attached hydrogens (tertiary/aromatic N) is 1. The maximum atomic E-state index is 13.1. The number of hydrogen-bond donors (Lipinski definition) is 1. The maximum absolute atomic E-state index is 13.1. The van der Waals surface area contributed by atoms with Crippen LogP contribution in [0.5, 0.6) is 5.75 Å². The van der Waals surface area contributed by atoms with E-state index in [0.717, 1.165) is 18.4 Å². The predicted octanol–water partition coefficient (Wildman–Crippen LogP) is 2.98. The highest BCUT2D eigenvalue weighted by Gasteiger charge is 2.30. The van der Waals surface area contributed by atoms with E-state index in [-0.39, 0.29) is 33.4 Å². The topological polar surface area (TPSA) is 110 Å². The number of rotatable bonds is 9. The molecule has 8 nitrogen and oxygen atoms in total. The average Bonchev–Trinajstić information content (AvgIpc) is 3.30. The van der Waals surface area contributed by atoms with Crippen molar-refractivity contribution in [3.8, 4) is 5.75 Å². The van der Waals surface area contributed by atoms with Crippen molar-refractivity contribution in [1.82, 2.24) is 4.31 Å². The molecule has 10 heteroatoms. The van der Waals surface area contributed by atoms with E-state index < -0.39 is 25.8 Å². The van der Waals surface area contributed by atoms with E-state index in [2.05, 4.69) is 5.32 Å². The van der Waals surface area contributed by atoms with Crippen LogP contribution in [-0.4, -0.2) is 52.5 Å². The normalized spacial score (nSPS) is 14.9. The molecule has 0 radical (unpaired) electrons.